The molecule has 2 nitrogen and oxygen atoms in total. The van der Waals surface area contributed by atoms with Crippen molar-refractivity contribution in [3.8, 4) is 5.75 Å². The second kappa shape index (κ2) is 9.62. The summed E-state index contributed by atoms with van der Waals surface area (Å²) in [5.74, 6) is 0.956. The Balaban J connectivity index is 1.52. The molecule has 0 aliphatic carbocycles. The molecule has 0 aromatic heterocycles. The molecule has 1 aliphatic heterocycles. The number of hydrogen-bond acceptors (Lipinski definition) is 2. The van der Waals surface area contributed by atoms with Crippen LogP contribution in [0.25, 0.3) is 0 Å². The molecule has 2 heteroatoms. The van der Waals surface area contributed by atoms with Crippen LogP contribution >= 0.6 is 0 Å². The third kappa shape index (κ3) is 7.33. The maximum absolute atomic E-state index is 5.64. The minimum atomic E-state index is 0.330. The van der Waals surface area contributed by atoms with Gasteiger partial charge in [0.1, 0.15) is 18.5 Å². The Kier molecular flexibility index (Phi) is 7.37. The number of epoxide rings is 1. The van der Waals surface area contributed by atoms with E-state index in [0.29, 0.717) is 12.7 Å². The second-order valence-corrected chi connectivity index (χ2v) is 5.74. The summed E-state index contributed by atoms with van der Waals surface area (Å²) in [6.45, 7) is 3.73. The molecule has 1 aromatic rings. The van der Waals surface area contributed by atoms with Gasteiger partial charge in [0, 0.05) is 0 Å². The molecule has 0 radical (unpaired) electrons. The zero-order valence-electron chi connectivity index (χ0n) is 13.2. The predicted octanol–water partition coefficient (Wildman–Crippen LogP) is 4.92. The molecule has 1 fully saturated rings. The van der Waals surface area contributed by atoms with Crippen LogP contribution in [0.2, 0.25) is 0 Å². The number of hydrogen-bond donors (Lipinski definition) is 0. The van der Waals surface area contributed by atoms with Gasteiger partial charge in [-0.3, -0.25) is 0 Å². The van der Waals surface area contributed by atoms with Crippen LogP contribution in [-0.2, 0) is 11.2 Å². The van der Waals surface area contributed by atoms with Gasteiger partial charge in [-0.15, -0.1) is 0 Å². The predicted molar refractivity (Wildman–Crippen MR) is 87.9 cm³/mol. The summed E-state index contributed by atoms with van der Waals surface area (Å²) in [7, 11) is 0. The van der Waals surface area contributed by atoms with Gasteiger partial charge in [-0.05, 0) is 49.8 Å². The Bertz CT molecular complexity index is 404. The van der Waals surface area contributed by atoms with Crippen LogP contribution in [0.1, 0.15) is 51.0 Å². The SMILES string of the molecule is CC/C=C/CCCCCCc1ccc(OCC2CO2)cc1. The summed E-state index contributed by atoms with van der Waals surface area (Å²) in [5.41, 5.74) is 1.41. The van der Waals surface area contributed by atoms with Crippen molar-refractivity contribution in [2.24, 2.45) is 0 Å². The van der Waals surface area contributed by atoms with Gasteiger partial charge in [-0.2, -0.15) is 0 Å². The molecular weight excluding hydrogens is 260 g/mol. The lowest BCUT2D eigenvalue weighted by Gasteiger charge is -2.06. The van der Waals surface area contributed by atoms with E-state index >= 15 is 0 Å². The minimum Gasteiger partial charge on any atom is -0.491 e. The molecule has 2 rings (SSSR count). The zero-order chi connectivity index (χ0) is 14.8. The summed E-state index contributed by atoms with van der Waals surface area (Å²) < 4.78 is 10.8. The number of allylic oxidation sites excluding steroid dienone is 2. The molecule has 0 spiro atoms. The van der Waals surface area contributed by atoms with Gasteiger partial charge < -0.3 is 9.47 Å². The van der Waals surface area contributed by atoms with Crippen LogP contribution in [0, 0.1) is 0 Å². The average Bonchev–Trinajstić information content (AvgIpc) is 3.33. The molecule has 1 aromatic carbocycles. The molecule has 1 atom stereocenters. The van der Waals surface area contributed by atoms with Gasteiger partial charge in [-0.1, -0.05) is 44.1 Å². The highest BCUT2D eigenvalue weighted by Gasteiger charge is 2.22. The lowest BCUT2D eigenvalue weighted by molar-refractivity contribution is 0.263. The highest BCUT2D eigenvalue weighted by molar-refractivity contribution is 5.27. The van der Waals surface area contributed by atoms with Gasteiger partial charge in [-0.25, -0.2) is 0 Å². The Morgan fingerprint density at radius 1 is 1.10 bits per heavy atom. The van der Waals surface area contributed by atoms with Gasteiger partial charge in [0.15, 0.2) is 0 Å². The summed E-state index contributed by atoms with van der Waals surface area (Å²) in [6, 6.07) is 8.53. The van der Waals surface area contributed by atoms with E-state index in [1.54, 1.807) is 0 Å². The van der Waals surface area contributed by atoms with Crippen LogP contribution in [-0.4, -0.2) is 19.3 Å². The van der Waals surface area contributed by atoms with Crippen LogP contribution in [0.15, 0.2) is 36.4 Å². The highest BCUT2D eigenvalue weighted by Crippen LogP contribution is 2.17. The van der Waals surface area contributed by atoms with Crippen molar-refractivity contribution < 1.29 is 9.47 Å². The first-order valence-corrected chi connectivity index (χ1v) is 8.37. The van der Waals surface area contributed by atoms with Crippen molar-refractivity contribution in [3.05, 3.63) is 42.0 Å². The van der Waals surface area contributed by atoms with Crippen molar-refractivity contribution in [1.82, 2.24) is 0 Å². The van der Waals surface area contributed by atoms with Crippen molar-refractivity contribution in [2.75, 3.05) is 13.2 Å². The van der Waals surface area contributed by atoms with Crippen molar-refractivity contribution in [3.63, 3.8) is 0 Å². The molecule has 1 unspecified atom stereocenters. The third-order valence-corrected chi connectivity index (χ3v) is 3.75. The van der Waals surface area contributed by atoms with Crippen LogP contribution < -0.4 is 4.74 Å². The summed E-state index contributed by atoms with van der Waals surface area (Å²) in [5, 5.41) is 0. The Hall–Kier alpha value is -1.28. The van der Waals surface area contributed by atoms with Gasteiger partial charge in [0.2, 0.25) is 0 Å². The van der Waals surface area contributed by atoms with Crippen LogP contribution in [0.3, 0.4) is 0 Å². The Morgan fingerprint density at radius 2 is 1.86 bits per heavy atom. The molecule has 0 saturated carbocycles. The molecule has 1 aliphatic rings. The molecule has 0 amide bonds. The minimum absolute atomic E-state index is 0.330. The smallest absolute Gasteiger partial charge is 0.119 e. The first kappa shape index (κ1) is 16.1. The van der Waals surface area contributed by atoms with Crippen LogP contribution in [0.5, 0.6) is 5.75 Å². The lowest BCUT2D eigenvalue weighted by Crippen LogP contribution is -2.03. The van der Waals surface area contributed by atoms with E-state index in [0.717, 1.165) is 18.8 Å². The lowest BCUT2D eigenvalue weighted by atomic mass is 10.1. The standard InChI is InChI=1S/C19H28O2/c1-2-3-4-5-6-7-8-9-10-17-11-13-18(14-12-17)20-15-19-16-21-19/h3-4,11-14,19H,2,5-10,15-16H2,1H3/b4-3+. The van der Waals surface area contributed by atoms with E-state index in [1.165, 1.54) is 44.1 Å². The first-order chi connectivity index (χ1) is 10.4. The Labute approximate surface area is 129 Å². The molecule has 0 N–H and O–H groups in total. The molecule has 21 heavy (non-hydrogen) atoms. The first-order valence-electron chi connectivity index (χ1n) is 8.37. The van der Waals surface area contributed by atoms with E-state index in [9.17, 15) is 0 Å². The fraction of sp³-hybridized carbons (Fsp3) is 0.579. The fourth-order valence-electron chi connectivity index (χ4n) is 2.34. The third-order valence-electron chi connectivity index (χ3n) is 3.75. The van der Waals surface area contributed by atoms with Crippen molar-refractivity contribution >= 4 is 0 Å². The monoisotopic (exact) mass is 288 g/mol. The molecular formula is C19H28O2. The van der Waals surface area contributed by atoms with Gasteiger partial charge in [0.25, 0.3) is 0 Å². The van der Waals surface area contributed by atoms with Crippen LogP contribution in [0.4, 0.5) is 0 Å². The highest BCUT2D eigenvalue weighted by atomic mass is 16.6. The maximum atomic E-state index is 5.64. The van der Waals surface area contributed by atoms with E-state index in [1.807, 2.05) is 0 Å². The topological polar surface area (TPSA) is 21.8 Å². The maximum Gasteiger partial charge on any atom is 0.119 e. The van der Waals surface area contributed by atoms with Crippen molar-refractivity contribution in [2.45, 2.75) is 58.0 Å². The van der Waals surface area contributed by atoms with Gasteiger partial charge >= 0.3 is 0 Å². The molecule has 116 valence electrons. The second-order valence-electron chi connectivity index (χ2n) is 5.74. The normalized spacial score (nSPS) is 17.3. The molecule has 0 bridgehead atoms. The molecule has 1 heterocycles. The fourth-order valence-corrected chi connectivity index (χ4v) is 2.34. The number of unbranched alkanes of at least 4 members (excludes halogenated alkanes) is 4. The van der Waals surface area contributed by atoms with E-state index in [4.69, 9.17) is 9.47 Å². The largest absolute Gasteiger partial charge is 0.491 e. The van der Waals surface area contributed by atoms with E-state index in [-0.39, 0.29) is 0 Å². The average molecular weight is 288 g/mol. The summed E-state index contributed by atoms with van der Waals surface area (Å²) in [4.78, 5) is 0. The zero-order valence-corrected chi connectivity index (χ0v) is 13.2. The van der Waals surface area contributed by atoms with E-state index in [2.05, 4.69) is 43.3 Å². The number of ether oxygens (including phenoxy) is 2. The number of rotatable bonds is 11. The summed E-state index contributed by atoms with van der Waals surface area (Å²) in [6.07, 6.45) is 13.8. The quantitative estimate of drug-likeness (QED) is 0.327. The number of aryl methyl sites for hydroxylation is 1. The molecule has 1 saturated heterocycles. The number of benzene rings is 1. The Morgan fingerprint density at radius 3 is 2.57 bits per heavy atom. The van der Waals surface area contributed by atoms with Gasteiger partial charge in [0.05, 0.1) is 6.61 Å². The summed E-state index contributed by atoms with van der Waals surface area (Å²) >= 11 is 0. The van der Waals surface area contributed by atoms with E-state index < -0.39 is 0 Å². The van der Waals surface area contributed by atoms with Crippen molar-refractivity contribution in [1.29, 1.82) is 0 Å².